The standard InChI is InChI=1S/C11H11Cl2N3O/c1-2-16-7-9(5-15-16)17-11-3-8(4-12)10(13)6-14-11/h3,5-7H,2,4H2,1H3. The highest BCUT2D eigenvalue weighted by Crippen LogP contribution is 2.24. The lowest BCUT2D eigenvalue weighted by atomic mass is 10.3. The maximum absolute atomic E-state index is 5.91. The Hall–Kier alpha value is -1.26. The summed E-state index contributed by atoms with van der Waals surface area (Å²) >= 11 is 11.7. The van der Waals surface area contributed by atoms with E-state index in [0.717, 1.165) is 12.1 Å². The molecule has 2 aromatic heterocycles. The van der Waals surface area contributed by atoms with E-state index in [0.29, 0.717) is 22.5 Å². The molecule has 0 saturated carbocycles. The summed E-state index contributed by atoms with van der Waals surface area (Å²) in [6.45, 7) is 2.80. The monoisotopic (exact) mass is 271 g/mol. The average molecular weight is 272 g/mol. The molecule has 90 valence electrons. The summed E-state index contributed by atoms with van der Waals surface area (Å²) in [7, 11) is 0. The zero-order valence-electron chi connectivity index (χ0n) is 9.23. The Balaban J connectivity index is 2.18. The molecule has 0 amide bonds. The van der Waals surface area contributed by atoms with Crippen LogP contribution in [0.2, 0.25) is 5.02 Å². The SMILES string of the molecule is CCn1cc(Oc2cc(CCl)c(Cl)cn2)cn1. The van der Waals surface area contributed by atoms with Gasteiger partial charge in [-0.25, -0.2) is 4.98 Å². The Morgan fingerprint density at radius 1 is 1.41 bits per heavy atom. The predicted octanol–water partition coefficient (Wildman–Crippen LogP) is 3.48. The van der Waals surface area contributed by atoms with E-state index in [1.165, 1.54) is 6.20 Å². The smallest absolute Gasteiger partial charge is 0.219 e. The number of pyridine rings is 1. The molecule has 0 saturated heterocycles. The average Bonchev–Trinajstić information content (AvgIpc) is 2.79. The van der Waals surface area contributed by atoms with Gasteiger partial charge in [-0.15, -0.1) is 11.6 Å². The van der Waals surface area contributed by atoms with E-state index in [4.69, 9.17) is 27.9 Å². The van der Waals surface area contributed by atoms with Crippen molar-refractivity contribution in [1.82, 2.24) is 14.8 Å². The molecule has 6 heteroatoms. The quantitative estimate of drug-likeness (QED) is 0.800. The van der Waals surface area contributed by atoms with Crippen LogP contribution in [0.15, 0.2) is 24.7 Å². The van der Waals surface area contributed by atoms with E-state index >= 15 is 0 Å². The van der Waals surface area contributed by atoms with Crippen molar-refractivity contribution in [2.24, 2.45) is 0 Å². The van der Waals surface area contributed by atoms with E-state index in [1.54, 1.807) is 23.1 Å². The summed E-state index contributed by atoms with van der Waals surface area (Å²) in [6.07, 6.45) is 4.97. The van der Waals surface area contributed by atoms with Gasteiger partial charge in [0.15, 0.2) is 5.75 Å². The fourth-order valence-electron chi connectivity index (χ4n) is 1.31. The van der Waals surface area contributed by atoms with Crippen LogP contribution in [0.5, 0.6) is 11.6 Å². The van der Waals surface area contributed by atoms with Crippen molar-refractivity contribution in [1.29, 1.82) is 0 Å². The molecule has 0 aliphatic carbocycles. The topological polar surface area (TPSA) is 39.9 Å². The third-order valence-electron chi connectivity index (χ3n) is 2.21. The largest absolute Gasteiger partial charge is 0.436 e. The van der Waals surface area contributed by atoms with Gasteiger partial charge in [0.25, 0.3) is 0 Å². The van der Waals surface area contributed by atoms with E-state index < -0.39 is 0 Å². The lowest BCUT2D eigenvalue weighted by Gasteiger charge is -2.04. The fraction of sp³-hybridized carbons (Fsp3) is 0.273. The van der Waals surface area contributed by atoms with Crippen LogP contribution in [0.4, 0.5) is 0 Å². The molecule has 17 heavy (non-hydrogen) atoms. The Morgan fingerprint density at radius 2 is 2.24 bits per heavy atom. The highest BCUT2D eigenvalue weighted by Gasteiger charge is 2.05. The van der Waals surface area contributed by atoms with E-state index in [1.807, 2.05) is 6.92 Å². The second-order valence-electron chi connectivity index (χ2n) is 3.38. The number of rotatable bonds is 4. The fourth-order valence-corrected chi connectivity index (χ4v) is 1.77. The van der Waals surface area contributed by atoms with E-state index in [2.05, 4.69) is 10.1 Å². The van der Waals surface area contributed by atoms with Crippen molar-refractivity contribution in [2.75, 3.05) is 0 Å². The number of halogens is 2. The molecular formula is C11H11Cl2N3O. The van der Waals surface area contributed by atoms with Gasteiger partial charge in [0.05, 0.1) is 17.4 Å². The first kappa shape index (κ1) is 12.2. The molecule has 0 radical (unpaired) electrons. The molecule has 2 heterocycles. The predicted molar refractivity (Wildman–Crippen MR) is 66.8 cm³/mol. The van der Waals surface area contributed by atoms with Crippen LogP contribution in [-0.2, 0) is 12.4 Å². The van der Waals surface area contributed by atoms with Crippen molar-refractivity contribution in [3.05, 3.63) is 35.2 Å². The van der Waals surface area contributed by atoms with Gasteiger partial charge in [0.1, 0.15) is 0 Å². The molecule has 0 spiro atoms. The second-order valence-corrected chi connectivity index (χ2v) is 4.06. The van der Waals surface area contributed by atoms with Crippen molar-refractivity contribution in [3.8, 4) is 11.6 Å². The number of alkyl halides is 1. The highest BCUT2D eigenvalue weighted by molar-refractivity contribution is 6.32. The van der Waals surface area contributed by atoms with Gasteiger partial charge in [-0.3, -0.25) is 4.68 Å². The van der Waals surface area contributed by atoms with Crippen LogP contribution in [0.25, 0.3) is 0 Å². The third-order valence-corrected chi connectivity index (χ3v) is 2.84. The van der Waals surface area contributed by atoms with Crippen LogP contribution >= 0.6 is 23.2 Å². The first-order chi connectivity index (χ1) is 8.22. The Kier molecular flexibility index (Phi) is 3.86. The van der Waals surface area contributed by atoms with Crippen molar-refractivity contribution < 1.29 is 4.74 Å². The zero-order chi connectivity index (χ0) is 12.3. The summed E-state index contributed by atoms with van der Waals surface area (Å²) in [5, 5.41) is 4.64. The summed E-state index contributed by atoms with van der Waals surface area (Å²) < 4.78 is 7.32. The minimum Gasteiger partial charge on any atom is -0.436 e. The molecule has 0 fully saturated rings. The Labute approximate surface area is 109 Å². The third kappa shape index (κ3) is 2.90. The number of aryl methyl sites for hydroxylation is 1. The molecule has 0 unspecified atom stereocenters. The summed E-state index contributed by atoms with van der Waals surface area (Å²) in [5.41, 5.74) is 0.793. The van der Waals surface area contributed by atoms with Gasteiger partial charge in [0.2, 0.25) is 5.88 Å². The lowest BCUT2D eigenvalue weighted by molar-refractivity contribution is 0.461. The van der Waals surface area contributed by atoms with Gasteiger partial charge in [-0.2, -0.15) is 5.10 Å². The summed E-state index contributed by atoms with van der Waals surface area (Å²) in [4.78, 5) is 4.07. The lowest BCUT2D eigenvalue weighted by Crippen LogP contribution is -1.92. The first-order valence-electron chi connectivity index (χ1n) is 5.13. The summed E-state index contributed by atoms with van der Waals surface area (Å²) in [6, 6.07) is 1.72. The molecule has 0 aliphatic heterocycles. The normalized spacial score (nSPS) is 10.5. The first-order valence-corrected chi connectivity index (χ1v) is 6.05. The van der Waals surface area contributed by atoms with Gasteiger partial charge >= 0.3 is 0 Å². The van der Waals surface area contributed by atoms with Crippen molar-refractivity contribution >= 4 is 23.2 Å². The molecule has 0 aliphatic rings. The van der Waals surface area contributed by atoms with Gasteiger partial charge in [-0.05, 0) is 12.5 Å². The maximum atomic E-state index is 5.91. The van der Waals surface area contributed by atoms with Gasteiger partial charge < -0.3 is 4.74 Å². The number of aromatic nitrogens is 3. The number of ether oxygens (including phenoxy) is 1. The molecule has 0 N–H and O–H groups in total. The number of hydrogen-bond donors (Lipinski definition) is 0. The maximum Gasteiger partial charge on any atom is 0.219 e. The van der Waals surface area contributed by atoms with E-state index in [-0.39, 0.29) is 0 Å². The van der Waals surface area contributed by atoms with Gasteiger partial charge in [0, 0.05) is 24.7 Å². The minimum absolute atomic E-state index is 0.325. The van der Waals surface area contributed by atoms with Crippen molar-refractivity contribution in [2.45, 2.75) is 19.3 Å². The van der Waals surface area contributed by atoms with Gasteiger partial charge in [-0.1, -0.05) is 11.6 Å². The van der Waals surface area contributed by atoms with Crippen LogP contribution in [0.1, 0.15) is 12.5 Å². The van der Waals surface area contributed by atoms with Crippen molar-refractivity contribution in [3.63, 3.8) is 0 Å². The second kappa shape index (κ2) is 5.38. The molecule has 0 aromatic carbocycles. The van der Waals surface area contributed by atoms with E-state index in [9.17, 15) is 0 Å². The zero-order valence-corrected chi connectivity index (χ0v) is 10.7. The van der Waals surface area contributed by atoms with Crippen LogP contribution < -0.4 is 4.74 Å². The van der Waals surface area contributed by atoms with Crippen LogP contribution in [0, 0.1) is 0 Å². The molecule has 4 nitrogen and oxygen atoms in total. The van der Waals surface area contributed by atoms with Crippen LogP contribution in [-0.4, -0.2) is 14.8 Å². The molecular weight excluding hydrogens is 261 g/mol. The molecule has 0 bridgehead atoms. The number of nitrogens with zero attached hydrogens (tertiary/aromatic N) is 3. The Bertz CT molecular complexity index is 513. The molecule has 2 rings (SSSR count). The highest BCUT2D eigenvalue weighted by atomic mass is 35.5. The molecule has 2 aromatic rings. The Morgan fingerprint density at radius 3 is 2.88 bits per heavy atom. The van der Waals surface area contributed by atoms with Crippen LogP contribution in [0.3, 0.4) is 0 Å². The summed E-state index contributed by atoms with van der Waals surface area (Å²) in [5.74, 6) is 1.43. The molecule has 0 atom stereocenters. The number of hydrogen-bond acceptors (Lipinski definition) is 3. The minimum atomic E-state index is 0.325.